The van der Waals surface area contributed by atoms with Crippen molar-refractivity contribution in [3.63, 3.8) is 0 Å². The molecule has 0 fully saturated rings. The Kier molecular flexibility index (Phi) is 6.26. The third kappa shape index (κ3) is 4.76. The van der Waals surface area contributed by atoms with Crippen LogP contribution in [0.4, 0.5) is 11.4 Å². The maximum Gasteiger partial charge on any atom is 0.261 e. The average molecular weight is 376 g/mol. The molecule has 26 heavy (non-hydrogen) atoms. The number of carbonyl (C=O) groups is 1. The fourth-order valence-corrected chi connectivity index (χ4v) is 3.56. The summed E-state index contributed by atoms with van der Waals surface area (Å²) in [6.45, 7) is 5.58. The molecule has 0 saturated heterocycles. The van der Waals surface area contributed by atoms with Crippen LogP contribution in [0.1, 0.15) is 38.7 Å². The zero-order valence-corrected chi connectivity index (χ0v) is 16.2. The Morgan fingerprint density at radius 2 is 1.81 bits per heavy atom. The molecule has 0 bridgehead atoms. The van der Waals surface area contributed by atoms with Gasteiger partial charge in [0, 0.05) is 12.6 Å². The molecule has 0 aliphatic rings. The van der Waals surface area contributed by atoms with Crippen LogP contribution in [0.3, 0.4) is 0 Å². The molecule has 140 valence electrons. The van der Waals surface area contributed by atoms with E-state index in [1.807, 2.05) is 12.1 Å². The summed E-state index contributed by atoms with van der Waals surface area (Å²) in [5.74, 6) is 0.492. The Labute approximate surface area is 154 Å². The molecule has 6 nitrogen and oxygen atoms in total. The summed E-state index contributed by atoms with van der Waals surface area (Å²) < 4.78 is 33.0. The van der Waals surface area contributed by atoms with Gasteiger partial charge in [-0.1, -0.05) is 26.0 Å². The molecule has 1 atom stereocenters. The molecule has 7 heteroatoms. The smallest absolute Gasteiger partial charge is 0.261 e. The molecule has 2 rings (SSSR count). The maximum absolute atomic E-state index is 12.6. The van der Waals surface area contributed by atoms with E-state index in [0.29, 0.717) is 23.0 Å². The van der Waals surface area contributed by atoms with Crippen LogP contribution in [0.2, 0.25) is 0 Å². The molecule has 0 spiro atoms. The van der Waals surface area contributed by atoms with Crippen molar-refractivity contribution in [1.29, 1.82) is 0 Å². The first-order chi connectivity index (χ1) is 12.3. The molecule has 0 heterocycles. The maximum atomic E-state index is 12.6. The first-order valence-electron chi connectivity index (χ1n) is 8.35. The minimum Gasteiger partial charge on any atom is -0.495 e. The number of anilines is 2. The lowest BCUT2D eigenvalue weighted by atomic mass is 9.99. The fourth-order valence-electron chi connectivity index (χ4n) is 2.47. The number of hydrogen-bond acceptors (Lipinski definition) is 4. The SMILES string of the molecule is CC[C@@H](C)c1ccc(NS(=O)(=O)c2ccc(OC)c(NC(C)=O)c2)cc1. The second kappa shape index (κ2) is 8.23. The van der Waals surface area contributed by atoms with Gasteiger partial charge in [-0.3, -0.25) is 9.52 Å². The number of amides is 1. The van der Waals surface area contributed by atoms with Crippen molar-refractivity contribution < 1.29 is 17.9 Å². The highest BCUT2D eigenvalue weighted by molar-refractivity contribution is 7.92. The van der Waals surface area contributed by atoms with Crippen molar-refractivity contribution in [3.8, 4) is 5.75 Å². The van der Waals surface area contributed by atoms with Crippen LogP contribution in [0.15, 0.2) is 47.4 Å². The van der Waals surface area contributed by atoms with Crippen LogP contribution in [-0.4, -0.2) is 21.4 Å². The Hall–Kier alpha value is -2.54. The molecule has 1 amide bonds. The highest BCUT2D eigenvalue weighted by atomic mass is 32.2. The lowest BCUT2D eigenvalue weighted by Gasteiger charge is -2.14. The van der Waals surface area contributed by atoms with E-state index in [1.54, 1.807) is 12.1 Å². The van der Waals surface area contributed by atoms with E-state index in [1.165, 1.54) is 32.2 Å². The van der Waals surface area contributed by atoms with E-state index in [0.717, 1.165) is 12.0 Å². The molecular formula is C19H24N2O4S. The average Bonchev–Trinajstić information content (AvgIpc) is 2.60. The largest absolute Gasteiger partial charge is 0.495 e. The molecule has 0 radical (unpaired) electrons. The van der Waals surface area contributed by atoms with Gasteiger partial charge in [-0.15, -0.1) is 0 Å². The minimum atomic E-state index is -3.79. The van der Waals surface area contributed by atoms with Gasteiger partial charge in [0.05, 0.1) is 17.7 Å². The van der Waals surface area contributed by atoms with Crippen molar-refractivity contribution in [2.24, 2.45) is 0 Å². The number of sulfonamides is 1. The Morgan fingerprint density at radius 1 is 1.15 bits per heavy atom. The number of ether oxygens (including phenoxy) is 1. The Bertz CT molecular complexity index is 877. The van der Waals surface area contributed by atoms with E-state index in [9.17, 15) is 13.2 Å². The van der Waals surface area contributed by atoms with Gasteiger partial charge < -0.3 is 10.1 Å². The molecule has 0 aromatic heterocycles. The zero-order valence-electron chi connectivity index (χ0n) is 15.4. The van der Waals surface area contributed by atoms with Gasteiger partial charge in [-0.25, -0.2) is 8.42 Å². The summed E-state index contributed by atoms with van der Waals surface area (Å²) in [6, 6.07) is 11.6. The second-order valence-corrected chi connectivity index (χ2v) is 7.76. The van der Waals surface area contributed by atoms with Crippen LogP contribution in [0.5, 0.6) is 5.75 Å². The van der Waals surface area contributed by atoms with Crippen molar-refractivity contribution in [2.75, 3.05) is 17.1 Å². The van der Waals surface area contributed by atoms with Crippen molar-refractivity contribution in [1.82, 2.24) is 0 Å². The molecule has 2 N–H and O–H groups in total. The van der Waals surface area contributed by atoms with Crippen LogP contribution >= 0.6 is 0 Å². The summed E-state index contributed by atoms with van der Waals surface area (Å²) in [6.07, 6.45) is 1.02. The zero-order chi connectivity index (χ0) is 19.3. The van der Waals surface area contributed by atoms with Gasteiger partial charge in [0.15, 0.2) is 0 Å². The van der Waals surface area contributed by atoms with Crippen molar-refractivity contribution in [2.45, 2.75) is 38.0 Å². The van der Waals surface area contributed by atoms with Crippen LogP contribution in [-0.2, 0) is 14.8 Å². The second-order valence-electron chi connectivity index (χ2n) is 6.08. The number of hydrogen-bond donors (Lipinski definition) is 2. The lowest BCUT2D eigenvalue weighted by molar-refractivity contribution is -0.114. The number of benzene rings is 2. The summed E-state index contributed by atoms with van der Waals surface area (Å²) in [5, 5.41) is 2.57. The lowest BCUT2D eigenvalue weighted by Crippen LogP contribution is -2.14. The van der Waals surface area contributed by atoms with Crippen molar-refractivity contribution in [3.05, 3.63) is 48.0 Å². The number of rotatable bonds is 7. The van der Waals surface area contributed by atoms with E-state index < -0.39 is 10.0 Å². The third-order valence-corrected chi connectivity index (χ3v) is 5.52. The fraction of sp³-hybridized carbons (Fsp3) is 0.316. The summed E-state index contributed by atoms with van der Waals surface area (Å²) in [4.78, 5) is 11.3. The summed E-state index contributed by atoms with van der Waals surface area (Å²) in [5.41, 5.74) is 1.94. The highest BCUT2D eigenvalue weighted by Gasteiger charge is 2.17. The quantitative estimate of drug-likeness (QED) is 0.766. The molecule has 2 aromatic rings. The van der Waals surface area contributed by atoms with E-state index in [-0.39, 0.29) is 10.8 Å². The van der Waals surface area contributed by atoms with Gasteiger partial charge in [-0.2, -0.15) is 0 Å². The molecular weight excluding hydrogens is 352 g/mol. The van der Waals surface area contributed by atoms with Gasteiger partial charge in [0.1, 0.15) is 5.75 Å². The Morgan fingerprint density at radius 3 is 2.35 bits per heavy atom. The van der Waals surface area contributed by atoms with E-state index >= 15 is 0 Å². The number of nitrogens with one attached hydrogen (secondary N) is 2. The van der Waals surface area contributed by atoms with Gasteiger partial charge in [-0.05, 0) is 48.2 Å². The van der Waals surface area contributed by atoms with E-state index in [2.05, 4.69) is 23.9 Å². The van der Waals surface area contributed by atoms with Crippen molar-refractivity contribution >= 4 is 27.3 Å². The van der Waals surface area contributed by atoms with Gasteiger partial charge in [0.2, 0.25) is 5.91 Å². The summed E-state index contributed by atoms with van der Waals surface area (Å²) >= 11 is 0. The molecule has 0 unspecified atom stereocenters. The minimum absolute atomic E-state index is 0.0352. The molecule has 0 saturated carbocycles. The molecule has 2 aromatic carbocycles. The first kappa shape index (κ1) is 19.8. The monoisotopic (exact) mass is 376 g/mol. The Balaban J connectivity index is 2.28. The number of methoxy groups -OCH3 is 1. The first-order valence-corrected chi connectivity index (χ1v) is 9.83. The third-order valence-electron chi connectivity index (χ3n) is 4.14. The van der Waals surface area contributed by atoms with Crippen LogP contribution in [0.25, 0.3) is 0 Å². The van der Waals surface area contributed by atoms with Gasteiger partial charge >= 0.3 is 0 Å². The standard InChI is InChI=1S/C19H24N2O4S/c1-5-13(2)15-6-8-16(9-7-15)21-26(23,24)17-10-11-19(25-4)18(12-17)20-14(3)22/h6-13,21H,5H2,1-4H3,(H,20,22)/t13-/m1/s1. The molecule has 0 aliphatic carbocycles. The summed E-state index contributed by atoms with van der Waals surface area (Å²) in [7, 11) is -2.34. The number of carbonyl (C=O) groups excluding carboxylic acids is 1. The predicted molar refractivity (Wildman–Crippen MR) is 103 cm³/mol. The predicted octanol–water partition coefficient (Wildman–Crippen LogP) is 3.97. The van der Waals surface area contributed by atoms with Crippen LogP contribution < -0.4 is 14.8 Å². The van der Waals surface area contributed by atoms with Crippen LogP contribution in [0, 0.1) is 0 Å². The topological polar surface area (TPSA) is 84.5 Å². The van der Waals surface area contributed by atoms with E-state index in [4.69, 9.17) is 4.74 Å². The van der Waals surface area contributed by atoms with Gasteiger partial charge in [0.25, 0.3) is 10.0 Å². The normalized spacial score (nSPS) is 12.3. The molecule has 0 aliphatic heterocycles. The highest BCUT2D eigenvalue weighted by Crippen LogP contribution is 2.29.